The number of thioether (sulfide) groups is 1. The van der Waals surface area contributed by atoms with Crippen molar-refractivity contribution in [1.29, 1.82) is 0 Å². The summed E-state index contributed by atoms with van der Waals surface area (Å²) in [6, 6.07) is 12.6. The monoisotopic (exact) mass is 412 g/mol. The van der Waals surface area contributed by atoms with Crippen LogP contribution >= 0.6 is 24.0 Å². The van der Waals surface area contributed by atoms with Crippen LogP contribution in [0.3, 0.4) is 0 Å². The van der Waals surface area contributed by atoms with E-state index < -0.39 is 5.76 Å². The molecule has 0 aliphatic rings. The molecule has 0 aliphatic carbocycles. The molecule has 8 heteroatoms. The summed E-state index contributed by atoms with van der Waals surface area (Å²) in [5, 5.41) is 3.68. The number of alkyl halides is 2. The maximum atomic E-state index is 12.4. The van der Waals surface area contributed by atoms with Gasteiger partial charge < -0.3 is 19.7 Å². The first-order chi connectivity index (χ1) is 12.9. The largest absolute Gasteiger partial charge is 0.493 e. The second-order valence-corrected chi connectivity index (χ2v) is 7.14. The van der Waals surface area contributed by atoms with Crippen LogP contribution in [0.1, 0.15) is 5.56 Å². The van der Waals surface area contributed by atoms with E-state index in [2.05, 4.69) is 5.32 Å². The van der Waals surface area contributed by atoms with Crippen molar-refractivity contribution in [2.75, 3.05) is 33.1 Å². The molecule has 0 heterocycles. The van der Waals surface area contributed by atoms with Crippen LogP contribution in [0.4, 0.5) is 14.5 Å². The van der Waals surface area contributed by atoms with Crippen molar-refractivity contribution in [1.82, 2.24) is 4.90 Å². The Morgan fingerprint density at radius 2 is 1.78 bits per heavy atom. The van der Waals surface area contributed by atoms with Gasteiger partial charge in [0.05, 0.1) is 14.2 Å². The molecule has 146 valence electrons. The minimum Gasteiger partial charge on any atom is -0.493 e. The molecule has 4 nitrogen and oxygen atoms in total. The van der Waals surface area contributed by atoms with Gasteiger partial charge in [-0.3, -0.25) is 0 Å². The second-order valence-electron chi connectivity index (χ2n) is 5.69. The van der Waals surface area contributed by atoms with E-state index in [0.717, 1.165) is 17.7 Å². The molecular formula is C19H22F2N2O2S2. The Hall–Kier alpha value is -2.06. The van der Waals surface area contributed by atoms with Gasteiger partial charge in [-0.1, -0.05) is 17.8 Å². The predicted molar refractivity (Wildman–Crippen MR) is 110 cm³/mol. The Morgan fingerprint density at radius 3 is 2.37 bits per heavy atom. The number of hydrogen-bond donors (Lipinski definition) is 1. The molecule has 27 heavy (non-hydrogen) atoms. The maximum Gasteiger partial charge on any atom is 0.288 e. The smallest absolute Gasteiger partial charge is 0.288 e. The van der Waals surface area contributed by atoms with Crippen LogP contribution < -0.4 is 14.8 Å². The van der Waals surface area contributed by atoms with Crippen molar-refractivity contribution in [3.05, 3.63) is 48.0 Å². The first-order valence-corrected chi connectivity index (χ1v) is 9.49. The molecule has 1 N–H and O–H groups in total. The van der Waals surface area contributed by atoms with Crippen molar-refractivity contribution >= 4 is 34.8 Å². The minimum atomic E-state index is -2.42. The van der Waals surface area contributed by atoms with Gasteiger partial charge >= 0.3 is 0 Å². The highest BCUT2D eigenvalue weighted by Crippen LogP contribution is 2.28. The number of anilines is 1. The molecule has 0 bridgehead atoms. The summed E-state index contributed by atoms with van der Waals surface area (Å²) < 4.78 is 35.3. The Bertz CT molecular complexity index is 758. The summed E-state index contributed by atoms with van der Waals surface area (Å²) in [7, 11) is 5.11. The fourth-order valence-corrected chi connectivity index (χ4v) is 3.08. The lowest BCUT2D eigenvalue weighted by Gasteiger charge is -2.21. The number of likely N-dealkylation sites (N-methyl/N-ethyl adjacent to an activating group) is 1. The van der Waals surface area contributed by atoms with Crippen LogP contribution in [0.25, 0.3) is 0 Å². The van der Waals surface area contributed by atoms with Crippen molar-refractivity contribution < 1.29 is 18.3 Å². The van der Waals surface area contributed by atoms with Gasteiger partial charge in [0.25, 0.3) is 5.76 Å². The lowest BCUT2D eigenvalue weighted by molar-refractivity contribution is 0.252. The average molecular weight is 413 g/mol. The highest BCUT2D eigenvalue weighted by Gasteiger charge is 2.09. The van der Waals surface area contributed by atoms with Crippen molar-refractivity contribution in [3.8, 4) is 11.5 Å². The third kappa shape index (κ3) is 6.55. The zero-order chi connectivity index (χ0) is 19.8. The third-order valence-electron chi connectivity index (χ3n) is 3.86. The second kappa shape index (κ2) is 10.3. The van der Waals surface area contributed by atoms with E-state index in [9.17, 15) is 8.78 Å². The first-order valence-electron chi connectivity index (χ1n) is 8.21. The molecule has 0 saturated heterocycles. The van der Waals surface area contributed by atoms with Gasteiger partial charge in [0, 0.05) is 24.2 Å². The highest BCUT2D eigenvalue weighted by atomic mass is 32.2. The van der Waals surface area contributed by atoms with Crippen molar-refractivity contribution in [2.45, 2.75) is 17.1 Å². The van der Waals surface area contributed by atoms with Crippen LogP contribution in [0, 0.1) is 0 Å². The van der Waals surface area contributed by atoms with Crippen LogP contribution in [-0.2, 0) is 6.42 Å². The van der Waals surface area contributed by atoms with E-state index in [0.29, 0.717) is 39.8 Å². The van der Waals surface area contributed by atoms with E-state index in [1.807, 2.05) is 30.1 Å². The number of methoxy groups -OCH3 is 2. The topological polar surface area (TPSA) is 33.7 Å². The Labute approximate surface area is 167 Å². The van der Waals surface area contributed by atoms with Crippen LogP contribution in [0.2, 0.25) is 0 Å². The molecule has 0 radical (unpaired) electrons. The molecule has 0 spiro atoms. The highest BCUT2D eigenvalue weighted by molar-refractivity contribution is 7.99. The number of ether oxygens (including phenoxy) is 2. The van der Waals surface area contributed by atoms with Gasteiger partial charge in [0.15, 0.2) is 16.6 Å². The van der Waals surface area contributed by atoms with Gasteiger partial charge in [-0.25, -0.2) is 0 Å². The quantitative estimate of drug-likeness (QED) is 0.491. The van der Waals surface area contributed by atoms with Crippen molar-refractivity contribution in [2.24, 2.45) is 0 Å². The summed E-state index contributed by atoms with van der Waals surface area (Å²) in [5.41, 5.74) is 1.87. The lowest BCUT2D eigenvalue weighted by Crippen LogP contribution is -2.32. The lowest BCUT2D eigenvalue weighted by atomic mass is 10.1. The molecule has 0 unspecified atom stereocenters. The van der Waals surface area contributed by atoms with Gasteiger partial charge in [0.2, 0.25) is 0 Å². The third-order valence-corrected chi connectivity index (χ3v) is 5.00. The maximum absolute atomic E-state index is 12.4. The average Bonchev–Trinajstić information content (AvgIpc) is 2.66. The fourth-order valence-electron chi connectivity index (χ4n) is 2.37. The fraction of sp³-hybridized carbons (Fsp3) is 0.316. The molecule has 0 saturated carbocycles. The Kier molecular flexibility index (Phi) is 8.12. The van der Waals surface area contributed by atoms with Gasteiger partial charge in [-0.15, -0.1) is 0 Å². The predicted octanol–water partition coefficient (Wildman–Crippen LogP) is 4.89. The van der Waals surface area contributed by atoms with E-state index in [4.69, 9.17) is 21.7 Å². The minimum absolute atomic E-state index is 0.517. The zero-order valence-electron chi connectivity index (χ0n) is 15.4. The molecule has 0 atom stereocenters. The standard InChI is InChI=1S/C19H22F2N2O2S2/c1-23(11-10-13-4-9-16(24-2)17(12-13)25-3)19(26)22-14-5-7-15(8-6-14)27-18(20)21/h4-9,12,18H,10-11H2,1-3H3,(H,22,26). The summed E-state index contributed by atoms with van der Waals surface area (Å²) >= 11 is 5.93. The summed E-state index contributed by atoms with van der Waals surface area (Å²) in [5.74, 6) is -1.03. The SMILES string of the molecule is COc1ccc(CCN(C)C(=S)Nc2ccc(SC(F)F)cc2)cc1OC. The van der Waals surface area contributed by atoms with E-state index in [1.165, 1.54) is 0 Å². The number of rotatable bonds is 8. The Balaban J connectivity index is 1.88. The van der Waals surface area contributed by atoms with E-state index in [-0.39, 0.29) is 0 Å². The number of nitrogens with one attached hydrogen (secondary N) is 1. The van der Waals surface area contributed by atoms with Crippen molar-refractivity contribution in [3.63, 3.8) is 0 Å². The molecule has 0 fully saturated rings. The van der Waals surface area contributed by atoms with E-state index >= 15 is 0 Å². The van der Waals surface area contributed by atoms with Gasteiger partial charge in [-0.05, 0) is 60.6 Å². The van der Waals surface area contributed by atoms with E-state index in [1.54, 1.807) is 38.5 Å². The number of benzene rings is 2. The molecule has 0 aliphatic heterocycles. The van der Waals surface area contributed by atoms with Crippen LogP contribution in [0.15, 0.2) is 47.4 Å². The molecule has 0 aromatic heterocycles. The first kappa shape index (κ1) is 21.2. The van der Waals surface area contributed by atoms with Crippen LogP contribution in [0.5, 0.6) is 11.5 Å². The summed E-state index contributed by atoms with van der Waals surface area (Å²) in [6.07, 6.45) is 0.780. The van der Waals surface area contributed by atoms with Crippen LogP contribution in [-0.4, -0.2) is 43.6 Å². The van der Waals surface area contributed by atoms with Gasteiger partial charge in [-0.2, -0.15) is 8.78 Å². The Morgan fingerprint density at radius 1 is 1.11 bits per heavy atom. The molecule has 2 rings (SSSR count). The summed E-state index contributed by atoms with van der Waals surface area (Å²) in [6.45, 7) is 0.709. The molecular weight excluding hydrogens is 390 g/mol. The molecule has 0 amide bonds. The summed E-state index contributed by atoms with van der Waals surface area (Å²) in [4.78, 5) is 2.44. The van der Waals surface area contributed by atoms with Gasteiger partial charge in [0.1, 0.15) is 0 Å². The zero-order valence-corrected chi connectivity index (χ0v) is 17.0. The molecule has 2 aromatic rings. The number of thiocarbonyl (C=S) groups is 1. The normalized spacial score (nSPS) is 10.6. The molecule has 2 aromatic carbocycles. The number of nitrogens with zero attached hydrogens (tertiary/aromatic N) is 1. The number of halogens is 2. The number of hydrogen-bond acceptors (Lipinski definition) is 4.